The summed E-state index contributed by atoms with van der Waals surface area (Å²) in [5.41, 5.74) is 1.67. The van der Waals surface area contributed by atoms with Gasteiger partial charge >= 0.3 is 12.0 Å². The van der Waals surface area contributed by atoms with Crippen LogP contribution >= 0.6 is 0 Å². The molecule has 0 aliphatic rings. The van der Waals surface area contributed by atoms with Gasteiger partial charge in [-0.2, -0.15) is 0 Å². The normalized spacial score (nSPS) is 10.6. The Bertz CT molecular complexity index is 1020. The van der Waals surface area contributed by atoms with Gasteiger partial charge in [-0.1, -0.05) is 38.1 Å². The van der Waals surface area contributed by atoms with Crippen molar-refractivity contribution >= 4 is 34.3 Å². The molecular weight excluding hydrogens is 370 g/mol. The number of hydrogen-bond donors (Lipinski definition) is 2. The Hall–Kier alpha value is -3.61. The number of hydrogen-bond acceptors (Lipinski definition) is 5. The highest BCUT2D eigenvalue weighted by Gasteiger charge is 2.17. The third-order valence-electron chi connectivity index (χ3n) is 4.05. The standard InChI is InChI=1S/C22H23N3O4/c1-14(2)13-29-19-12-18(21(26)28-3)24-20-16(19)10-7-11-17(20)25-22(27)23-15-8-5-4-6-9-15/h4-12,14H,13H2,1-3H3,(H2,23,25,27). The van der Waals surface area contributed by atoms with Crippen LogP contribution in [0.4, 0.5) is 16.2 Å². The maximum Gasteiger partial charge on any atom is 0.356 e. The first kappa shape index (κ1) is 20.1. The fourth-order valence-corrected chi connectivity index (χ4v) is 2.71. The number of benzene rings is 2. The fraction of sp³-hybridized carbons (Fsp3) is 0.227. The summed E-state index contributed by atoms with van der Waals surface area (Å²) >= 11 is 0. The number of ether oxygens (including phenoxy) is 2. The molecule has 0 fully saturated rings. The van der Waals surface area contributed by atoms with E-state index in [4.69, 9.17) is 9.47 Å². The Morgan fingerprint density at radius 1 is 1.03 bits per heavy atom. The number of methoxy groups -OCH3 is 1. The second kappa shape index (κ2) is 9.05. The SMILES string of the molecule is COC(=O)c1cc(OCC(C)C)c2cccc(NC(=O)Nc3ccccc3)c2n1. The molecule has 7 nitrogen and oxygen atoms in total. The van der Waals surface area contributed by atoms with Gasteiger partial charge in [-0.15, -0.1) is 0 Å². The molecule has 0 unspecified atom stereocenters. The molecule has 1 heterocycles. The quantitative estimate of drug-likeness (QED) is 0.593. The van der Waals surface area contributed by atoms with Crippen molar-refractivity contribution in [2.24, 2.45) is 5.92 Å². The first-order valence-electron chi connectivity index (χ1n) is 9.26. The molecule has 1 aromatic heterocycles. The van der Waals surface area contributed by atoms with Gasteiger partial charge in [-0.25, -0.2) is 14.6 Å². The van der Waals surface area contributed by atoms with Gasteiger partial charge in [0.15, 0.2) is 5.69 Å². The lowest BCUT2D eigenvalue weighted by atomic mass is 10.1. The molecular formula is C22H23N3O4. The number of amides is 2. The smallest absolute Gasteiger partial charge is 0.356 e. The molecule has 3 aromatic rings. The van der Waals surface area contributed by atoms with Gasteiger partial charge in [0.05, 0.1) is 24.9 Å². The third-order valence-corrected chi connectivity index (χ3v) is 4.05. The minimum Gasteiger partial charge on any atom is -0.493 e. The summed E-state index contributed by atoms with van der Waals surface area (Å²) in [6.07, 6.45) is 0. The van der Waals surface area contributed by atoms with E-state index in [0.29, 0.717) is 40.6 Å². The van der Waals surface area contributed by atoms with E-state index in [1.54, 1.807) is 30.3 Å². The van der Waals surface area contributed by atoms with E-state index in [2.05, 4.69) is 15.6 Å². The van der Waals surface area contributed by atoms with Gasteiger partial charge in [0.2, 0.25) is 0 Å². The van der Waals surface area contributed by atoms with Crippen molar-refractivity contribution in [1.29, 1.82) is 0 Å². The summed E-state index contributed by atoms with van der Waals surface area (Å²) in [5.74, 6) is 0.235. The Morgan fingerprint density at radius 3 is 2.48 bits per heavy atom. The lowest BCUT2D eigenvalue weighted by molar-refractivity contribution is 0.0594. The Kier molecular flexibility index (Phi) is 6.29. The number of anilines is 2. The maximum atomic E-state index is 12.4. The van der Waals surface area contributed by atoms with Crippen LogP contribution in [0, 0.1) is 5.92 Å². The van der Waals surface area contributed by atoms with Crippen molar-refractivity contribution in [3.05, 3.63) is 60.3 Å². The van der Waals surface area contributed by atoms with Crippen molar-refractivity contribution in [3.63, 3.8) is 0 Å². The predicted octanol–water partition coefficient (Wildman–Crippen LogP) is 4.70. The van der Waals surface area contributed by atoms with E-state index < -0.39 is 12.0 Å². The third kappa shape index (κ3) is 5.01. The van der Waals surface area contributed by atoms with Crippen LogP contribution in [0.2, 0.25) is 0 Å². The fourth-order valence-electron chi connectivity index (χ4n) is 2.71. The number of fused-ring (bicyclic) bond motifs is 1. The number of carbonyl (C=O) groups is 2. The minimum atomic E-state index is -0.579. The Balaban J connectivity index is 1.97. The number of para-hydroxylation sites is 2. The molecule has 0 atom stereocenters. The lowest BCUT2D eigenvalue weighted by Crippen LogP contribution is -2.20. The summed E-state index contributed by atoms with van der Waals surface area (Å²) in [6.45, 7) is 4.54. The summed E-state index contributed by atoms with van der Waals surface area (Å²) in [7, 11) is 1.29. The Labute approximate surface area is 169 Å². The highest BCUT2D eigenvalue weighted by molar-refractivity contribution is 6.07. The highest BCUT2D eigenvalue weighted by atomic mass is 16.5. The largest absolute Gasteiger partial charge is 0.493 e. The highest BCUT2D eigenvalue weighted by Crippen LogP contribution is 2.31. The zero-order chi connectivity index (χ0) is 20.8. The van der Waals surface area contributed by atoms with E-state index in [9.17, 15) is 9.59 Å². The number of nitrogens with zero attached hydrogens (tertiary/aromatic N) is 1. The summed E-state index contributed by atoms with van der Waals surface area (Å²) < 4.78 is 10.7. The summed E-state index contributed by atoms with van der Waals surface area (Å²) in [6, 6.07) is 15.6. The maximum absolute atomic E-state index is 12.4. The van der Waals surface area contributed by atoms with Crippen LogP contribution in [0.15, 0.2) is 54.6 Å². The molecule has 0 radical (unpaired) electrons. The van der Waals surface area contributed by atoms with Crippen molar-refractivity contribution < 1.29 is 19.1 Å². The minimum absolute atomic E-state index is 0.108. The molecule has 2 aromatic carbocycles. The van der Waals surface area contributed by atoms with Crippen LogP contribution in [0.3, 0.4) is 0 Å². The van der Waals surface area contributed by atoms with Crippen LogP contribution in [0.1, 0.15) is 24.3 Å². The molecule has 0 aliphatic heterocycles. The van der Waals surface area contributed by atoms with E-state index in [1.165, 1.54) is 7.11 Å². The van der Waals surface area contributed by atoms with Gasteiger partial charge in [0.25, 0.3) is 0 Å². The average Bonchev–Trinajstić information content (AvgIpc) is 2.72. The molecule has 7 heteroatoms. The molecule has 150 valence electrons. The number of rotatable bonds is 6. The van der Waals surface area contributed by atoms with Crippen LogP contribution in [0.25, 0.3) is 10.9 Å². The molecule has 0 bridgehead atoms. The van der Waals surface area contributed by atoms with Crippen LogP contribution < -0.4 is 15.4 Å². The lowest BCUT2D eigenvalue weighted by Gasteiger charge is -2.15. The molecule has 2 amide bonds. The van der Waals surface area contributed by atoms with Crippen molar-refractivity contribution in [3.8, 4) is 5.75 Å². The molecule has 0 spiro atoms. The van der Waals surface area contributed by atoms with E-state index in [-0.39, 0.29) is 5.69 Å². The topological polar surface area (TPSA) is 89.5 Å². The van der Waals surface area contributed by atoms with E-state index >= 15 is 0 Å². The van der Waals surface area contributed by atoms with E-state index in [0.717, 1.165) is 0 Å². The predicted molar refractivity (Wildman–Crippen MR) is 112 cm³/mol. The number of pyridine rings is 1. The Morgan fingerprint density at radius 2 is 1.79 bits per heavy atom. The second-order valence-electron chi connectivity index (χ2n) is 6.85. The molecule has 0 saturated carbocycles. The van der Waals surface area contributed by atoms with Crippen molar-refractivity contribution in [2.45, 2.75) is 13.8 Å². The average molecular weight is 393 g/mol. The molecule has 2 N–H and O–H groups in total. The van der Waals surface area contributed by atoms with Gasteiger partial charge in [-0.05, 0) is 30.2 Å². The zero-order valence-corrected chi connectivity index (χ0v) is 16.6. The summed E-state index contributed by atoms with van der Waals surface area (Å²) in [5, 5.41) is 6.24. The molecule has 29 heavy (non-hydrogen) atoms. The first-order valence-corrected chi connectivity index (χ1v) is 9.26. The second-order valence-corrected chi connectivity index (χ2v) is 6.85. The monoisotopic (exact) mass is 393 g/mol. The molecule has 3 rings (SSSR count). The van der Waals surface area contributed by atoms with Crippen LogP contribution in [0.5, 0.6) is 5.75 Å². The number of urea groups is 1. The van der Waals surface area contributed by atoms with Gasteiger partial charge in [0.1, 0.15) is 5.75 Å². The van der Waals surface area contributed by atoms with Gasteiger partial charge in [-0.3, -0.25) is 0 Å². The van der Waals surface area contributed by atoms with Gasteiger partial charge < -0.3 is 20.1 Å². The number of esters is 1. The van der Waals surface area contributed by atoms with Crippen LogP contribution in [-0.4, -0.2) is 30.7 Å². The number of carbonyl (C=O) groups excluding carboxylic acids is 2. The van der Waals surface area contributed by atoms with Crippen molar-refractivity contribution in [2.75, 3.05) is 24.4 Å². The molecule has 0 saturated heterocycles. The van der Waals surface area contributed by atoms with Crippen LogP contribution in [-0.2, 0) is 4.74 Å². The number of aromatic nitrogens is 1. The molecule has 0 aliphatic carbocycles. The first-order chi connectivity index (χ1) is 14.0. The zero-order valence-electron chi connectivity index (χ0n) is 16.6. The van der Waals surface area contributed by atoms with Crippen molar-refractivity contribution in [1.82, 2.24) is 4.98 Å². The van der Waals surface area contributed by atoms with E-state index in [1.807, 2.05) is 38.1 Å². The summed E-state index contributed by atoms with van der Waals surface area (Å²) in [4.78, 5) is 28.9. The van der Waals surface area contributed by atoms with Gasteiger partial charge in [0, 0.05) is 17.1 Å². The number of nitrogens with one attached hydrogen (secondary N) is 2.